The summed E-state index contributed by atoms with van der Waals surface area (Å²) in [5.41, 5.74) is 3.95. The number of allylic oxidation sites excluding steroid dienone is 4. The summed E-state index contributed by atoms with van der Waals surface area (Å²) in [5, 5.41) is 0.602. The van der Waals surface area contributed by atoms with Gasteiger partial charge in [-0.1, -0.05) is 35.9 Å². The monoisotopic (exact) mass is 331 g/mol. The van der Waals surface area contributed by atoms with E-state index < -0.39 is 9.84 Å². The lowest BCUT2D eigenvalue weighted by Gasteiger charge is -2.09. The second-order valence-corrected chi connectivity index (χ2v) is 7.58. The Bertz CT molecular complexity index is 864. The molecule has 0 atom stereocenters. The van der Waals surface area contributed by atoms with Gasteiger partial charge in [0.05, 0.1) is 15.6 Å². The second kappa shape index (κ2) is 5.71. The molecule has 0 radical (unpaired) electrons. The largest absolute Gasteiger partial charge is 0.255 e. The maximum Gasteiger partial charge on any atom is 0.175 e. The van der Waals surface area contributed by atoms with Gasteiger partial charge in [0, 0.05) is 18.0 Å². The van der Waals surface area contributed by atoms with Gasteiger partial charge >= 0.3 is 0 Å². The fourth-order valence-electron chi connectivity index (χ4n) is 2.45. The predicted molar refractivity (Wildman–Crippen MR) is 89.4 cm³/mol. The first-order valence-electron chi connectivity index (χ1n) is 6.78. The van der Waals surface area contributed by atoms with Gasteiger partial charge in [-0.25, -0.2) is 8.42 Å². The predicted octanol–water partition coefficient (Wildman–Crippen LogP) is 4.01. The molecule has 0 saturated heterocycles. The van der Waals surface area contributed by atoms with Crippen molar-refractivity contribution >= 4 is 32.6 Å². The molecule has 5 heteroatoms. The number of benzene rings is 1. The molecule has 0 unspecified atom stereocenters. The first-order chi connectivity index (χ1) is 10.4. The molecule has 1 aromatic heterocycles. The highest BCUT2D eigenvalue weighted by atomic mass is 35.5. The highest BCUT2D eigenvalue weighted by Gasteiger charge is 2.16. The fraction of sp³-hybridized carbons (Fsp3) is 0.118. The first kappa shape index (κ1) is 15.0. The van der Waals surface area contributed by atoms with Gasteiger partial charge in [0.1, 0.15) is 0 Å². The summed E-state index contributed by atoms with van der Waals surface area (Å²) in [6.45, 7) is 0. The highest BCUT2D eigenvalue weighted by molar-refractivity contribution is 7.90. The molecule has 0 spiro atoms. The molecule has 0 saturated carbocycles. The first-order valence-corrected chi connectivity index (χ1v) is 9.05. The molecule has 3 rings (SSSR count). The van der Waals surface area contributed by atoms with Gasteiger partial charge in [-0.15, -0.1) is 0 Å². The number of hydrogen-bond acceptors (Lipinski definition) is 3. The summed E-state index contributed by atoms with van der Waals surface area (Å²) < 4.78 is 23.1. The summed E-state index contributed by atoms with van der Waals surface area (Å²) in [5.74, 6) is 0. The summed E-state index contributed by atoms with van der Waals surface area (Å²) in [6, 6.07) is 10.6. The van der Waals surface area contributed by atoms with Crippen LogP contribution in [0, 0.1) is 0 Å². The van der Waals surface area contributed by atoms with Crippen LogP contribution < -0.4 is 0 Å². The topological polar surface area (TPSA) is 47.0 Å². The van der Waals surface area contributed by atoms with E-state index in [1.807, 2.05) is 24.3 Å². The van der Waals surface area contributed by atoms with Crippen LogP contribution in [0.15, 0.2) is 59.6 Å². The minimum Gasteiger partial charge on any atom is -0.255 e. The zero-order valence-corrected chi connectivity index (χ0v) is 13.5. The van der Waals surface area contributed by atoms with Gasteiger partial charge < -0.3 is 0 Å². The molecule has 1 heterocycles. The number of sulfone groups is 1. The van der Waals surface area contributed by atoms with Crippen molar-refractivity contribution in [2.24, 2.45) is 0 Å². The van der Waals surface area contributed by atoms with Crippen molar-refractivity contribution in [2.75, 3.05) is 6.26 Å². The zero-order valence-electron chi connectivity index (χ0n) is 12.0. The van der Waals surface area contributed by atoms with E-state index >= 15 is 0 Å². The molecule has 0 N–H and O–H groups in total. The van der Waals surface area contributed by atoms with Crippen molar-refractivity contribution in [3.8, 4) is 0 Å². The van der Waals surface area contributed by atoms with Crippen molar-refractivity contribution in [1.29, 1.82) is 0 Å². The van der Waals surface area contributed by atoms with Crippen LogP contribution in [0.3, 0.4) is 0 Å². The summed E-state index contributed by atoms with van der Waals surface area (Å²) >= 11 is 5.88. The van der Waals surface area contributed by atoms with Gasteiger partial charge in [-0.05, 0) is 41.8 Å². The van der Waals surface area contributed by atoms with Crippen LogP contribution in [0.1, 0.15) is 17.7 Å². The molecular formula is C17H14ClNO2S. The lowest BCUT2D eigenvalue weighted by molar-refractivity contribution is 0.602. The number of halogens is 1. The van der Waals surface area contributed by atoms with Crippen molar-refractivity contribution in [3.05, 3.63) is 71.0 Å². The average Bonchev–Trinajstić information content (AvgIpc) is 2.97. The Morgan fingerprint density at radius 1 is 1.00 bits per heavy atom. The zero-order chi connectivity index (χ0) is 15.7. The van der Waals surface area contributed by atoms with Gasteiger partial charge in [-0.3, -0.25) is 4.98 Å². The number of nitrogens with zero attached hydrogens (tertiary/aromatic N) is 1. The maximum absolute atomic E-state index is 11.5. The Morgan fingerprint density at radius 3 is 2.27 bits per heavy atom. The molecule has 3 nitrogen and oxygen atoms in total. The van der Waals surface area contributed by atoms with E-state index in [-0.39, 0.29) is 0 Å². The standard InChI is InChI=1S/C17H14ClNO2S/c1-22(20,21)14-8-5-12(6-9-14)15-3-2-4-16(15)17-10-7-13(18)11-19-17/h3-11H,2H2,1H3. The van der Waals surface area contributed by atoms with E-state index in [1.54, 1.807) is 18.3 Å². The Labute approximate surface area is 134 Å². The summed E-state index contributed by atoms with van der Waals surface area (Å²) in [4.78, 5) is 4.68. The number of aromatic nitrogens is 1. The van der Waals surface area contributed by atoms with E-state index in [0.717, 1.165) is 28.8 Å². The molecule has 1 aromatic carbocycles. The lowest BCUT2D eigenvalue weighted by atomic mass is 9.98. The Hall–Kier alpha value is -1.91. The lowest BCUT2D eigenvalue weighted by Crippen LogP contribution is -1.97. The third-order valence-electron chi connectivity index (χ3n) is 3.53. The Kier molecular flexibility index (Phi) is 3.89. The van der Waals surface area contributed by atoms with Crippen molar-refractivity contribution < 1.29 is 8.42 Å². The summed E-state index contributed by atoms with van der Waals surface area (Å²) in [6.07, 6.45) is 7.89. The minimum absolute atomic E-state index is 0.324. The van der Waals surface area contributed by atoms with E-state index in [2.05, 4.69) is 17.1 Å². The molecule has 0 amide bonds. The van der Waals surface area contributed by atoms with Crippen LogP contribution in [0.25, 0.3) is 11.1 Å². The van der Waals surface area contributed by atoms with E-state index in [0.29, 0.717) is 9.92 Å². The fourth-order valence-corrected chi connectivity index (χ4v) is 3.19. The van der Waals surface area contributed by atoms with E-state index in [9.17, 15) is 8.42 Å². The minimum atomic E-state index is -3.17. The molecule has 2 aromatic rings. The van der Waals surface area contributed by atoms with Crippen LogP contribution in [0.2, 0.25) is 5.02 Å². The Balaban J connectivity index is 1.95. The number of hydrogen-bond donors (Lipinski definition) is 0. The van der Waals surface area contributed by atoms with E-state index in [1.165, 1.54) is 6.26 Å². The van der Waals surface area contributed by atoms with Crippen LogP contribution in [-0.4, -0.2) is 19.7 Å². The van der Waals surface area contributed by atoms with Gasteiger partial charge in [0.15, 0.2) is 9.84 Å². The van der Waals surface area contributed by atoms with Crippen molar-refractivity contribution in [3.63, 3.8) is 0 Å². The van der Waals surface area contributed by atoms with Crippen molar-refractivity contribution in [1.82, 2.24) is 4.98 Å². The number of pyridine rings is 1. The molecule has 0 fully saturated rings. The van der Waals surface area contributed by atoms with Crippen LogP contribution in [0.4, 0.5) is 0 Å². The highest BCUT2D eigenvalue weighted by Crippen LogP contribution is 2.35. The van der Waals surface area contributed by atoms with Gasteiger partial charge in [0.25, 0.3) is 0 Å². The van der Waals surface area contributed by atoms with Gasteiger partial charge in [-0.2, -0.15) is 0 Å². The second-order valence-electron chi connectivity index (χ2n) is 5.13. The molecule has 0 aliphatic heterocycles. The number of rotatable bonds is 3. The third kappa shape index (κ3) is 2.98. The van der Waals surface area contributed by atoms with Crippen molar-refractivity contribution in [2.45, 2.75) is 11.3 Å². The van der Waals surface area contributed by atoms with Crippen LogP contribution in [-0.2, 0) is 9.84 Å². The SMILES string of the molecule is CS(=O)(=O)c1ccc(C2=CCC=C2c2ccc(Cl)cn2)cc1. The molecule has 22 heavy (non-hydrogen) atoms. The maximum atomic E-state index is 11.5. The summed E-state index contributed by atoms with van der Waals surface area (Å²) in [7, 11) is -3.17. The molecule has 1 aliphatic rings. The van der Waals surface area contributed by atoms with E-state index in [4.69, 9.17) is 11.6 Å². The molecule has 112 valence electrons. The average molecular weight is 332 g/mol. The quantitative estimate of drug-likeness (QED) is 0.853. The molecular weight excluding hydrogens is 318 g/mol. The van der Waals surface area contributed by atoms with Gasteiger partial charge in [0.2, 0.25) is 0 Å². The third-order valence-corrected chi connectivity index (χ3v) is 4.88. The normalized spacial score (nSPS) is 14.6. The van der Waals surface area contributed by atoms with Crippen LogP contribution >= 0.6 is 11.6 Å². The van der Waals surface area contributed by atoms with Crippen LogP contribution in [0.5, 0.6) is 0 Å². The smallest absolute Gasteiger partial charge is 0.175 e. The Morgan fingerprint density at radius 2 is 1.68 bits per heavy atom. The molecule has 1 aliphatic carbocycles. The molecule has 0 bridgehead atoms.